The van der Waals surface area contributed by atoms with E-state index in [4.69, 9.17) is 4.74 Å². The molecule has 0 aliphatic heterocycles. The van der Waals surface area contributed by atoms with Gasteiger partial charge in [-0.05, 0) is 38.8 Å². The summed E-state index contributed by atoms with van der Waals surface area (Å²) in [5.41, 5.74) is 1.62. The molecule has 5 nitrogen and oxygen atoms in total. The van der Waals surface area contributed by atoms with Gasteiger partial charge >= 0.3 is 0 Å². The van der Waals surface area contributed by atoms with Crippen LogP contribution in [-0.2, 0) is 10.0 Å². The first-order valence-corrected chi connectivity index (χ1v) is 7.81. The lowest BCUT2D eigenvalue weighted by atomic mass is 10.1. The molecular weight excluding hydrogens is 276 g/mol. The van der Waals surface area contributed by atoms with Crippen molar-refractivity contribution < 1.29 is 13.2 Å². The largest absolute Gasteiger partial charge is 0.494 e. The van der Waals surface area contributed by atoms with Crippen molar-refractivity contribution in [3.63, 3.8) is 0 Å². The first-order chi connectivity index (χ1) is 9.37. The average Bonchev–Trinajstić information content (AvgIpc) is 2.79. The predicted molar refractivity (Wildman–Crippen MR) is 76.6 cm³/mol. The zero-order valence-corrected chi connectivity index (χ0v) is 12.9. The van der Waals surface area contributed by atoms with E-state index in [9.17, 15) is 8.42 Å². The summed E-state index contributed by atoms with van der Waals surface area (Å²) in [4.78, 5) is 4.21. The predicted octanol–water partition coefficient (Wildman–Crippen LogP) is 2.44. The van der Waals surface area contributed by atoms with Crippen molar-refractivity contribution in [1.82, 2.24) is 8.96 Å². The van der Waals surface area contributed by atoms with Gasteiger partial charge in [-0.15, -0.1) is 0 Å². The lowest BCUT2D eigenvalue weighted by molar-refractivity contribution is 0.337. The fraction of sp³-hybridized carbons (Fsp3) is 0.357. The number of ether oxygens (including phenoxy) is 1. The summed E-state index contributed by atoms with van der Waals surface area (Å²) in [7, 11) is -3.64. The molecule has 0 spiro atoms. The van der Waals surface area contributed by atoms with Gasteiger partial charge in [0.05, 0.1) is 11.5 Å². The van der Waals surface area contributed by atoms with Crippen LogP contribution >= 0.6 is 0 Å². The van der Waals surface area contributed by atoms with Gasteiger partial charge in [0.2, 0.25) is 0 Å². The Morgan fingerprint density at radius 2 is 1.90 bits per heavy atom. The third-order valence-corrected chi connectivity index (χ3v) is 4.99. The fourth-order valence-corrected chi connectivity index (χ4v) is 3.67. The second-order valence-corrected chi connectivity index (χ2v) is 6.37. The first kappa shape index (κ1) is 14.6. The van der Waals surface area contributed by atoms with Crippen LogP contribution < -0.4 is 4.74 Å². The SMILES string of the molecule is CCOc1cc(S(=O)(=O)n2ccnc2C)c(C)cc1C. The molecule has 1 aromatic carbocycles. The monoisotopic (exact) mass is 294 g/mol. The van der Waals surface area contributed by atoms with Gasteiger partial charge in [0.25, 0.3) is 10.0 Å². The maximum Gasteiger partial charge on any atom is 0.269 e. The molecule has 0 saturated carbocycles. The van der Waals surface area contributed by atoms with E-state index >= 15 is 0 Å². The van der Waals surface area contributed by atoms with E-state index < -0.39 is 10.0 Å². The molecule has 0 unspecified atom stereocenters. The summed E-state index contributed by atoms with van der Waals surface area (Å²) in [6.45, 7) is 7.70. The molecule has 0 aliphatic rings. The van der Waals surface area contributed by atoms with E-state index in [1.165, 1.54) is 16.4 Å². The smallest absolute Gasteiger partial charge is 0.269 e. The Bertz CT molecular complexity index is 733. The number of aryl methyl sites for hydroxylation is 3. The highest BCUT2D eigenvalue weighted by Gasteiger charge is 2.22. The lowest BCUT2D eigenvalue weighted by Crippen LogP contribution is -2.15. The molecule has 0 amide bonds. The molecule has 1 aromatic heterocycles. The molecule has 0 fully saturated rings. The second-order valence-electron chi connectivity index (χ2n) is 4.59. The van der Waals surface area contributed by atoms with Crippen molar-refractivity contribution in [2.45, 2.75) is 32.6 Å². The molecule has 0 radical (unpaired) electrons. The number of hydrogen-bond acceptors (Lipinski definition) is 4. The average molecular weight is 294 g/mol. The van der Waals surface area contributed by atoms with Gasteiger partial charge in [0.1, 0.15) is 11.6 Å². The summed E-state index contributed by atoms with van der Waals surface area (Å²) in [6.07, 6.45) is 2.92. The van der Waals surface area contributed by atoms with Gasteiger partial charge < -0.3 is 4.74 Å². The maximum atomic E-state index is 12.7. The maximum absolute atomic E-state index is 12.7. The molecular formula is C14H18N2O3S. The molecule has 0 N–H and O–H groups in total. The Morgan fingerprint density at radius 1 is 1.20 bits per heavy atom. The van der Waals surface area contributed by atoms with E-state index in [2.05, 4.69) is 4.98 Å². The third-order valence-electron chi connectivity index (χ3n) is 3.09. The molecule has 0 saturated heterocycles. The molecule has 2 aromatic rings. The standard InChI is InChI=1S/C14H18N2O3S/c1-5-19-13-9-14(11(3)8-10(13)2)20(17,18)16-7-6-15-12(16)4/h6-9H,5H2,1-4H3. The summed E-state index contributed by atoms with van der Waals surface area (Å²) >= 11 is 0. The van der Waals surface area contributed by atoms with Gasteiger partial charge in [-0.3, -0.25) is 0 Å². The highest BCUT2D eigenvalue weighted by atomic mass is 32.2. The topological polar surface area (TPSA) is 61.2 Å². The molecule has 20 heavy (non-hydrogen) atoms. The van der Waals surface area contributed by atoms with E-state index in [1.807, 2.05) is 19.9 Å². The zero-order valence-electron chi connectivity index (χ0n) is 12.0. The van der Waals surface area contributed by atoms with Crippen LogP contribution in [0.2, 0.25) is 0 Å². The van der Waals surface area contributed by atoms with E-state index in [1.54, 1.807) is 19.9 Å². The number of aromatic nitrogens is 2. The Hall–Kier alpha value is -1.82. The normalized spacial score (nSPS) is 11.6. The Balaban J connectivity index is 2.63. The number of rotatable bonds is 4. The molecule has 0 bridgehead atoms. The van der Waals surface area contributed by atoms with E-state index in [0.717, 1.165) is 5.56 Å². The van der Waals surface area contributed by atoms with Crippen LogP contribution in [-0.4, -0.2) is 24.0 Å². The summed E-state index contributed by atoms with van der Waals surface area (Å²) in [5.74, 6) is 1.03. The minimum Gasteiger partial charge on any atom is -0.494 e. The molecule has 2 rings (SSSR count). The Morgan fingerprint density at radius 3 is 2.45 bits per heavy atom. The number of hydrogen-bond donors (Lipinski definition) is 0. The molecule has 108 valence electrons. The van der Waals surface area contributed by atoms with Crippen LogP contribution in [0.25, 0.3) is 0 Å². The first-order valence-electron chi connectivity index (χ1n) is 6.37. The van der Waals surface area contributed by atoms with Gasteiger partial charge in [0.15, 0.2) is 0 Å². The van der Waals surface area contributed by atoms with Crippen LogP contribution in [0.15, 0.2) is 29.4 Å². The summed E-state index contributed by atoms with van der Waals surface area (Å²) < 4.78 is 32.0. The number of nitrogens with zero attached hydrogens (tertiary/aromatic N) is 2. The van der Waals surface area contributed by atoms with Gasteiger partial charge in [0, 0.05) is 18.5 Å². The highest BCUT2D eigenvalue weighted by molar-refractivity contribution is 7.90. The van der Waals surface area contributed by atoms with E-state index in [-0.39, 0.29) is 4.90 Å². The van der Waals surface area contributed by atoms with Gasteiger partial charge in [-0.2, -0.15) is 0 Å². The van der Waals surface area contributed by atoms with Crippen molar-refractivity contribution in [1.29, 1.82) is 0 Å². The van der Waals surface area contributed by atoms with Crippen molar-refractivity contribution in [2.75, 3.05) is 6.61 Å². The fourth-order valence-electron chi connectivity index (χ4n) is 2.13. The number of imidazole rings is 1. The van der Waals surface area contributed by atoms with Crippen LogP contribution in [0.1, 0.15) is 23.9 Å². The molecule has 0 atom stereocenters. The molecule has 0 aliphatic carbocycles. The van der Waals surface area contributed by atoms with Crippen LogP contribution in [0, 0.1) is 20.8 Å². The van der Waals surface area contributed by atoms with Crippen molar-refractivity contribution in [2.24, 2.45) is 0 Å². The van der Waals surface area contributed by atoms with Gasteiger partial charge in [-0.1, -0.05) is 6.07 Å². The van der Waals surface area contributed by atoms with Gasteiger partial charge in [-0.25, -0.2) is 17.4 Å². The summed E-state index contributed by atoms with van der Waals surface area (Å²) in [6, 6.07) is 3.41. The third kappa shape index (κ3) is 2.43. The molecule has 6 heteroatoms. The van der Waals surface area contributed by atoms with Crippen LogP contribution in [0.5, 0.6) is 5.75 Å². The zero-order chi connectivity index (χ0) is 14.9. The summed E-state index contributed by atoms with van der Waals surface area (Å²) in [5, 5.41) is 0. The second kappa shape index (κ2) is 5.28. The number of benzene rings is 1. The molecule has 1 heterocycles. The quantitative estimate of drug-likeness (QED) is 0.869. The Kier molecular flexibility index (Phi) is 3.85. The van der Waals surface area contributed by atoms with Crippen LogP contribution in [0.4, 0.5) is 0 Å². The minimum atomic E-state index is -3.64. The lowest BCUT2D eigenvalue weighted by Gasteiger charge is -2.14. The van der Waals surface area contributed by atoms with E-state index in [0.29, 0.717) is 23.7 Å². The van der Waals surface area contributed by atoms with Crippen molar-refractivity contribution >= 4 is 10.0 Å². The highest BCUT2D eigenvalue weighted by Crippen LogP contribution is 2.27. The van der Waals surface area contributed by atoms with Crippen molar-refractivity contribution in [3.8, 4) is 5.75 Å². The minimum absolute atomic E-state index is 0.243. The van der Waals surface area contributed by atoms with Crippen LogP contribution in [0.3, 0.4) is 0 Å². The Labute approximate surface area is 119 Å². The van der Waals surface area contributed by atoms with Crippen molar-refractivity contribution in [3.05, 3.63) is 41.5 Å².